The van der Waals surface area contributed by atoms with Crippen molar-refractivity contribution in [2.24, 2.45) is 20.0 Å². The standard InChI is InChI=1S/C48H50FN7/c1-45(2,3)27-13-17-32-33-18-14-28(46(4,5)6)22-37(33)54(36(32)21-27)42-50-40-25-31(49)26-41-51-43(53-44(52-42)56(40)41)55-38-23-29(47(7,8)9)15-19-34(38)35-20-16-30(24-39(35)55)48(10,11)12/h13-26H,1-12H3. The van der Waals surface area contributed by atoms with E-state index in [1.807, 2.05) is 0 Å². The van der Waals surface area contributed by atoms with Crippen molar-refractivity contribution < 1.29 is 4.39 Å². The van der Waals surface area contributed by atoms with Crippen molar-refractivity contribution in [3.05, 3.63) is 119 Å². The molecule has 4 aromatic carbocycles. The maximum absolute atomic E-state index is 15.7. The molecule has 9 rings (SSSR count). The van der Waals surface area contributed by atoms with Gasteiger partial charge in [0.15, 0.2) is 0 Å². The van der Waals surface area contributed by atoms with Gasteiger partial charge in [-0.05, 0) is 68.2 Å². The van der Waals surface area contributed by atoms with Crippen molar-refractivity contribution in [1.82, 2.24) is 14.0 Å². The Morgan fingerprint density at radius 1 is 0.411 bits per heavy atom. The zero-order chi connectivity index (χ0) is 39.9. The number of amidine groups is 1. The quantitative estimate of drug-likeness (QED) is 0.153. The number of hydrogen-bond donors (Lipinski definition) is 0. The van der Waals surface area contributed by atoms with E-state index < -0.39 is 5.83 Å². The molecule has 0 N–H and O–H groups in total. The van der Waals surface area contributed by atoms with E-state index in [9.17, 15) is 0 Å². The fourth-order valence-corrected chi connectivity index (χ4v) is 8.00. The van der Waals surface area contributed by atoms with Crippen LogP contribution in [0.5, 0.6) is 0 Å². The normalized spacial score (nSPS) is 16.6. The zero-order valence-corrected chi connectivity index (χ0v) is 34.6. The van der Waals surface area contributed by atoms with Gasteiger partial charge >= 0.3 is 0 Å². The van der Waals surface area contributed by atoms with Gasteiger partial charge in [0, 0.05) is 33.7 Å². The number of guanidine groups is 1. The number of benzene rings is 4. The monoisotopic (exact) mass is 743 g/mol. The summed E-state index contributed by atoms with van der Waals surface area (Å²) in [6.07, 6.45) is 2.88. The van der Waals surface area contributed by atoms with Crippen molar-refractivity contribution in [3.63, 3.8) is 0 Å². The highest BCUT2D eigenvalue weighted by atomic mass is 19.1. The van der Waals surface area contributed by atoms with Gasteiger partial charge in [-0.3, -0.25) is 9.13 Å². The maximum Gasteiger partial charge on any atom is 0.243 e. The molecule has 0 aliphatic carbocycles. The van der Waals surface area contributed by atoms with Crippen LogP contribution in [-0.4, -0.2) is 37.7 Å². The van der Waals surface area contributed by atoms with E-state index in [1.54, 1.807) is 4.90 Å². The molecule has 0 radical (unpaired) electrons. The van der Waals surface area contributed by atoms with Crippen LogP contribution in [0.15, 0.2) is 117 Å². The number of aliphatic imine (C=N–C) groups is 4. The second-order valence-corrected chi connectivity index (χ2v) is 19.7. The van der Waals surface area contributed by atoms with Crippen molar-refractivity contribution >= 4 is 67.3 Å². The number of fused-ring (bicyclic) bond motifs is 6. The molecular weight excluding hydrogens is 694 g/mol. The van der Waals surface area contributed by atoms with Crippen LogP contribution in [0.1, 0.15) is 105 Å². The molecule has 284 valence electrons. The lowest BCUT2D eigenvalue weighted by molar-refractivity contribution is 0.590. The molecule has 0 unspecified atom stereocenters. The number of hydrogen-bond acceptors (Lipinski definition) is 5. The van der Waals surface area contributed by atoms with E-state index in [0.29, 0.717) is 29.5 Å². The first-order valence-electron chi connectivity index (χ1n) is 19.6. The lowest BCUT2D eigenvalue weighted by Gasteiger charge is -2.32. The number of rotatable bonds is 0. The lowest BCUT2D eigenvalue weighted by atomic mass is 9.86. The molecule has 2 aromatic heterocycles. The highest BCUT2D eigenvalue weighted by Crippen LogP contribution is 2.39. The van der Waals surface area contributed by atoms with E-state index in [0.717, 1.165) is 43.6 Å². The van der Waals surface area contributed by atoms with Crippen LogP contribution in [0.2, 0.25) is 0 Å². The second-order valence-electron chi connectivity index (χ2n) is 19.7. The van der Waals surface area contributed by atoms with Crippen LogP contribution in [0.25, 0.3) is 43.6 Å². The van der Waals surface area contributed by atoms with Crippen LogP contribution in [0.3, 0.4) is 0 Å². The first kappa shape index (κ1) is 36.0. The van der Waals surface area contributed by atoms with Gasteiger partial charge < -0.3 is 0 Å². The lowest BCUT2D eigenvalue weighted by Crippen LogP contribution is -2.43. The number of allylic oxidation sites excluding steroid dienone is 2. The third-order valence-electron chi connectivity index (χ3n) is 11.4. The first-order valence-corrected chi connectivity index (χ1v) is 19.6. The van der Waals surface area contributed by atoms with Crippen LogP contribution < -0.4 is 0 Å². The molecule has 3 aliphatic heterocycles. The fourth-order valence-electron chi connectivity index (χ4n) is 8.00. The Morgan fingerprint density at radius 3 is 1.11 bits per heavy atom. The Bertz CT molecular complexity index is 2600. The van der Waals surface area contributed by atoms with Gasteiger partial charge in [0.2, 0.25) is 17.9 Å². The van der Waals surface area contributed by atoms with Gasteiger partial charge in [-0.15, -0.1) is 0 Å². The predicted molar refractivity (Wildman–Crippen MR) is 233 cm³/mol. The molecule has 0 amide bonds. The molecule has 56 heavy (non-hydrogen) atoms. The summed E-state index contributed by atoms with van der Waals surface area (Å²) in [5.41, 5.74) is 8.41. The molecule has 7 nitrogen and oxygen atoms in total. The number of aromatic nitrogens is 2. The highest BCUT2D eigenvalue weighted by Gasteiger charge is 2.35. The Balaban J connectivity index is 1.34. The van der Waals surface area contributed by atoms with Gasteiger partial charge in [-0.1, -0.05) is 132 Å². The van der Waals surface area contributed by atoms with Crippen LogP contribution in [0.4, 0.5) is 4.39 Å². The molecule has 8 heteroatoms. The topological polar surface area (TPSA) is 62.5 Å². The van der Waals surface area contributed by atoms with Gasteiger partial charge in [0.25, 0.3) is 0 Å². The molecule has 0 saturated heterocycles. The van der Waals surface area contributed by atoms with Gasteiger partial charge in [0.1, 0.15) is 17.5 Å². The van der Waals surface area contributed by atoms with Crippen LogP contribution >= 0.6 is 0 Å². The van der Waals surface area contributed by atoms with Crippen molar-refractivity contribution in [1.29, 1.82) is 0 Å². The van der Waals surface area contributed by atoms with E-state index in [4.69, 9.17) is 20.0 Å². The molecule has 0 bridgehead atoms. The molecule has 5 heterocycles. The Morgan fingerprint density at radius 2 is 0.750 bits per heavy atom. The third kappa shape index (κ3) is 5.67. The molecule has 0 atom stereocenters. The fraction of sp³-hybridized carbons (Fsp3) is 0.333. The maximum atomic E-state index is 15.7. The Labute approximate surface area is 328 Å². The molecule has 6 aromatic rings. The van der Waals surface area contributed by atoms with Crippen LogP contribution in [-0.2, 0) is 21.7 Å². The summed E-state index contributed by atoms with van der Waals surface area (Å²) in [5.74, 6) is 1.56. The van der Waals surface area contributed by atoms with Crippen molar-refractivity contribution in [2.75, 3.05) is 0 Å². The second kappa shape index (κ2) is 11.7. The number of halogens is 1. The van der Waals surface area contributed by atoms with E-state index in [1.165, 1.54) is 34.4 Å². The minimum Gasteiger partial charge on any atom is -0.278 e. The molecule has 3 aliphatic rings. The Kier molecular flexibility index (Phi) is 7.53. The summed E-state index contributed by atoms with van der Waals surface area (Å²) in [6, 6.07) is 26.7. The molecular formula is C48H50FN7. The van der Waals surface area contributed by atoms with Gasteiger partial charge in [0.05, 0.1) is 22.1 Å². The summed E-state index contributed by atoms with van der Waals surface area (Å²) in [5, 5.41) is 4.42. The largest absolute Gasteiger partial charge is 0.278 e. The zero-order valence-electron chi connectivity index (χ0n) is 34.6. The van der Waals surface area contributed by atoms with Gasteiger partial charge in [-0.25, -0.2) is 9.29 Å². The van der Waals surface area contributed by atoms with E-state index >= 15 is 4.39 Å². The van der Waals surface area contributed by atoms with E-state index in [2.05, 4.69) is 165 Å². The minimum atomic E-state index is -0.430. The third-order valence-corrected chi connectivity index (χ3v) is 11.4. The van der Waals surface area contributed by atoms with Crippen LogP contribution in [0, 0.1) is 0 Å². The minimum absolute atomic E-state index is 0.0844. The average Bonchev–Trinajstić information content (AvgIpc) is 3.61. The summed E-state index contributed by atoms with van der Waals surface area (Å²) in [6.45, 7) is 26.7. The van der Waals surface area contributed by atoms with Crippen molar-refractivity contribution in [3.8, 4) is 0 Å². The molecule has 0 saturated carbocycles. The van der Waals surface area contributed by atoms with Gasteiger partial charge in [-0.2, -0.15) is 20.0 Å². The first-order chi connectivity index (χ1) is 26.2. The molecule has 0 spiro atoms. The SMILES string of the molecule is CC(C)(C)c1ccc2c3ccc(C(C)(C)C)cc3n(C3=NC4=CC(F)=CC5=NC(n6c7cc(C(C)(C)C)ccc7c7ccc(C(C)(C)C)cc76)=NC(=N3)N45)c2c1. The number of nitrogens with zero attached hydrogens (tertiary/aromatic N) is 7. The Hall–Kier alpha value is -5.63. The summed E-state index contributed by atoms with van der Waals surface area (Å²) < 4.78 is 20.0. The summed E-state index contributed by atoms with van der Waals surface area (Å²) in [7, 11) is 0. The summed E-state index contributed by atoms with van der Waals surface area (Å²) >= 11 is 0. The highest BCUT2D eigenvalue weighted by molar-refractivity contribution is 6.25. The van der Waals surface area contributed by atoms with E-state index in [-0.39, 0.29) is 21.7 Å². The van der Waals surface area contributed by atoms with Crippen molar-refractivity contribution in [2.45, 2.75) is 105 Å². The smallest absolute Gasteiger partial charge is 0.243 e. The average molecular weight is 744 g/mol. The predicted octanol–water partition coefficient (Wildman–Crippen LogP) is 12.0. The summed E-state index contributed by atoms with van der Waals surface area (Å²) in [4.78, 5) is 22.4. The molecule has 0 fully saturated rings.